The maximum atomic E-state index is 2.66. The van der Waals surface area contributed by atoms with E-state index in [0.717, 1.165) is 17.3 Å². The van der Waals surface area contributed by atoms with Gasteiger partial charge in [-0.1, -0.05) is 13.8 Å². The highest BCUT2D eigenvalue weighted by molar-refractivity contribution is 7.99. The van der Waals surface area contributed by atoms with Crippen LogP contribution in [0.15, 0.2) is 0 Å². The summed E-state index contributed by atoms with van der Waals surface area (Å²) in [5.74, 6) is 1.33. The molecule has 1 saturated heterocycles. The molecular formula is C11H23NS. The second-order valence-electron chi connectivity index (χ2n) is 4.51. The Hall–Kier alpha value is 0.310. The molecular weight excluding hydrogens is 178 g/mol. The highest BCUT2D eigenvalue weighted by Crippen LogP contribution is 2.24. The van der Waals surface area contributed by atoms with Crippen LogP contribution in [0.2, 0.25) is 0 Å². The van der Waals surface area contributed by atoms with E-state index in [1.807, 2.05) is 0 Å². The molecule has 1 rings (SSSR count). The lowest BCUT2D eigenvalue weighted by Gasteiger charge is -2.28. The van der Waals surface area contributed by atoms with Crippen molar-refractivity contribution in [2.24, 2.45) is 0 Å². The van der Waals surface area contributed by atoms with Crippen molar-refractivity contribution in [2.75, 3.05) is 12.3 Å². The molecule has 1 fully saturated rings. The SMILES string of the molecule is CC(C)SCC1CCCN1C(C)C. The minimum absolute atomic E-state index is 0.736. The monoisotopic (exact) mass is 201 g/mol. The van der Waals surface area contributed by atoms with Gasteiger partial charge in [-0.05, 0) is 38.5 Å². The molecule has 1 nitrogen and oxygen atoms in total. The molecule has 0 amide bonds. The summed E-state index contributed by atoms with van der Waals surface area (Å²) in [7, 11) is 0. The van der Waals surface area contributed by atoms with E-state index in [2.05, 4.69) is 44.4 Å². The number of likely N-dealkylation sites (tertiary alicyclic amines) is 1. The van der Waals surface area contributed by atoms with Crippen LogP contribution in [0.1, 0.15) is 40.5 Å². The first kappa shape index (κ1) is 11.4. The second kappa shape index (κ2) is 5.26. The Morgan fingerprint density at radius 1 is 1.31 bits per heavy atom. The Morgan fingerprint density at radius 3 is 2.54 bits per heavy atom. The number of rotatable bonds is 4. The third-order valence-corrected chi connectivity index (χ3v) is 3.95. The summed E-state index contributed by atoms with van der Waals surface area (Å²) >= 11 is 2.11. The molecule has 1 aliphatic heterocycles. The molecule has 1 atom stereocenters. The fourth-order valence-corrected chi connectivity index (χ4v) is 2.99. The number of hydrogen-bond donors (Lipinski definition) is 0. The smallest absolute Gasteiger partial charge is 0.0189 e. The average molecular weight is 201 g/mol. The van der Waals surface area contributed by atoms with Crippen LogP contribution in [0.25, 0.3) is 0 Å². The molecule has 78 valence electrons. The third-order valence-electron chi connectivity index (χ3n) is 2.71. The van der Waals surface area contributed by atoms with E-state index in [4.69, 9.17) is 0 Å². The van der Waals surface area contributed by atoms with Crippen LogP contribution in [0, 0.1) is 0 Å². The van der Waals surface area contributed by atoms with Crippen molar-refractivity contribution in [1.29, 1.82) is 0 Å². The van der Waals surface area contributed by atoms with Gasteiger partial charge in [-0.25, -0.2) is 0 Å². The third kappa shape index (κ3) is 3.51. The molecule has 0 bridgehead atoms. The lowest BCUT2D eigenvalue weighted by Crippen LogP contribution is -2.37. The van der Waals surface area contributed by atoms with Crippen LogP contribution >= 0.6 is 11.8 Å². The van der Waals surface area contributed by atoms with E-state index in [1.54, 1.807) is 0 Å². The van der Waals surface area contributed by atoms with Crippen LogP contribution in [0.4, 0.5) is 0 Å². The van der Waals surface area contributed by atoms with Crippen LogP contribution < -0.4 is 0 Å². The van der Waals surface area contributed by atoms with E-state index >= 15 is 0 Å². The average Bonchev–Trinajstić information content (AvgIpc) is 2.47. The molecule has 0 N–H and O–H groups in total. The van der Waals surface area contributed by atoms with Gasteiger partial charge in [-0.2, -0.15) is 11.8 Å². The second-order valence-corrected chi connectivity index (χ2v) is 6.12. The summed E-state index contributed by atoms with van der Waals surface area (Å²) in [4.78, 5) is 2.66. The Balaban J connectivity index is 2.31. The van der Waals surface area contributed by atoms with Gasteiger partial charge in [0, 0.05) is 17.8 Å². The van der Waals surface area contributed by atoms with Gasteiger partial charge in [-0.15, -0.1) is 0 Å². The van der Waals surface area contributed by atoms with Gasteiger partial charge in [0.25, 0.3) is 0 Å². The Kier molecular flexibility index (Phi) is 4.60. The first-order valence-electron chi connectivity index (χ1n) is 5.48. The van der Waals surface area contributed by atoms with Gasteiger partial charge >= 0.3 is 0 Å². The fraction of sp³-hybridized carbons (Fsp3) is 1.00. The summed E-state index contributed by atoms with van der Waals surface area (Å²) in [6.45, 7) is 10.5. The van der Waals surface area contributed by atoms with Crippen molar-refractivity contribution in [3.05, 3.63) is 0 Å². The zero-order valence-corrected chi connectivity index (χ0v) is 10.2. The maximum absolute atomic E-state index is 2.66. The van der Waals surface area contributed by atoms with E-state index in [-0.39, 0.29) is 0 Å². The van der Waals surface area contributed by atoms with Crippen molar-refractivity contribution >= 4 is 11.8 Å². The van der Waals surface area contributed by atoms with Gasteiger partial charge in [0.2, 0.25) is 0 Å². The Morgan fingerprint density at radius 2 is 2.00 bits per heavy atom. The molecule has 0 radical (unpaired) electrons. The van der Waals surface area contributed by atoms with Crippen molar-refractivity contribution in [2.45, 2.75) is 57.9 Å². The molecule has 13 heavy (non-hydrogen) atoms. The predicted octanol–water partition coefficient (Wildman–Crippen LogP) is 3.00. The molecule has 0 aromatic heterocycles. The van der Waals surface area contributed by atoms with Crippen LogP contribution in [-0.4, -0.2) is 34.5 Å². The highest BCUT2D eigenvalue weighted by Gasteiger charge is 2.26. The number of thioether (sulfide) groups is 1. The van der Waals surface area contributed by atoms with Gasteiger partial charge in [0.05, 0.1) is 0 Å². The van der Waals surface area contributed by atoms with Gasteiger partial charge in [-0.3, -0.25) is 4.90 Å². The Labute approximate surface area is 87.3 Å². The van der Waals surface area contributed by atoms with Crippen LogP contribution in [0.5, 0.6) is 0 Å². The summed E-state index contributed by atoms with van der Waals surface area (Å²) < 4.78 is 0. The van der Waals surface area contributed by atoms with Crippen LogP contribution in [-0.2, 0) is 0 Å². The molecule has 0 aliphatic carbocycles. The molecule has 0 spiro atoms. The van der Waals surface area contributed by atoms with Gasteiger partial charge < -0.3 is 0 Å². The summed E-state index contributed by atoms with van der Waals surface area (Å²) in [6, 6.07) is 1.59. The number of nitrogens with zero attached hydrogens (tertiary/aromatic N) is 1. The van der Waals surface area contributed by atoms with Crippen molar-refractivity contribution in [3.8, 4) is 0 Å². The van der Waals surface area contributed by atoms with E-state index < -0.39 is 0 Å². The molecule has 0 aromatic carbocycles. The minimum atomic E-state index is 0.736. The maximum Gasteiger partial charge on any atom is 0.0189 e. The van der Waals surface area contributed by atoms with Gasteiger partial charge in [0.15, 0.2) is 0 Å². The summed E-state index contributed by atoms with van der Waals surface area (Å²) in [5.41, 5.74) is 0. The van der Waals surface area contributed by atoms with E-state index in [1.165, 1.54) is 25.1 Å². The predicted molar refractivity (Wildman–Crippen MR) is 62.5 cm³/mol. The van der Waals surface area contributed by atoms with Crippen molar-refractivity contribution in [1.82, 2.24) is 4.90 Å². The lowest BCUT2D eigenvalue weighted by atomic mass is 10.2. The standard InChI is InChI=1S/C11H23NS/c1-9(2)12-7-5-6-11(12)8-13-10(3)4/h9-11H,5-8H2,1-4H3. The molecule has 1 aliphatic rings. The highest BCUT2D eigenvalue weighted by atomic mass is 32.2. The fourth-order valence-electron chi connectivity index (χ4n) is 2.02. The van der Waals surface area contributed by atoms with E-state index in [0.29, 0.717) is 0 Å². The molecule has 2 heteroatoms. The topological polar surface area (TPSA) is 3.24 Å². The minimum Gasteiger partial charge on any atom is -0.297 e. The molecule has 1 heterocycles. The zero-order chi connectivity index (χ0) is 9.84. The summed E-state index contributed by atoms with van der Waals surface area (Å²) in [5, 5.41) is 0.787. The largest absolute Gasteiger partial charge is 0.297 e. The molecule has 0 aromatic rings. The van der Waals surface area contributed by atoms with Crippen LogP contribution in [0.3, 0.4) is 0 Å². The molecule has 1 unspecified atom stereocenters. The number of hydrogen-bond acceptors (Lipinski definition) is 2. The van der Waals surface area contributed by atoms with Crippen molar-refractivity contribution in [3.63, 3.8) is 0 Å². The first-order valence-corrected chi connectivity index (χ1v) is 6.53. The van der Waals surface area contributed by atoms with Crippen molar-refractivity contribution < 1.29 is 0 Å². The Bertz CT molecular complexity index is 145. The quantitative estimate of drug-likeness (QED) is 0.688. The zero-order valence-electron chi connectivity index (χ0n) is 9.42. The van der Waals surface area contributed by atoms with Gasteiger partial charge in [0.1, 0.15) is 0 Å². The van der Waals surface area contributed by atoms with E-state index in [9.17, 15) is 0 Å². The lowest BCUT2D eigenvalue weighted by molar-refractivity contribution is 0.219. The first-order chi connectivity index (χ1) is 6.11. The molecule has 0 saturated carbocycles. The normalized spacial score (nSPS) is 24.9. The summed E-state index contributed by atoms with van der Waals surface area (Å²) in [6.07, 6.45) is 2.82.